The molecule has 2 heteroatoms. The molecule has 2 atom stereocenters. The van der Waals surface area contributed by atoms with Gasteiger partial charge in [-0.2, -0.15) is 0 Å². The van der Waals surface area contributed by atoms with Crippen LogP contribution in [0.5, 0.6) is 0 Å². The summed E-state index contributed by atoms with van der Waals surface area (Å²) in [6.45, 7) is 4.29. The van der Waals surface area contributed by atoms with Crippen LogP contribution >= 0.6 is 0 Å². The number of rotatable bonds is 7. The van der Waals surface area contributed by atoms with Crippen LogP contribution in [0.4, 0.5) is 4.39 Å². The molecule has 96 valence electrons. The van der Waals surface area contributed by atoms with Crippen molar-refractivity contribution in [1.82, 2.24) is 0 Å². The van der Waals surface area contributed by atoms with Crippen molar-refractivity contribution in [3.05, 3.63) is 35.6 Å². The first kappa shape index (κ1) is 14.2. The monoisotopic (exact) mass is 238 g/mol. The van der Waals surface area contributed by atoms with Gasteiger partial charge < -0.3 is 5.11 Å². The van der Waals surface area contributed by atoms with Gasteiger partial charge >= 0.3 is 0 Å². The fourth-order valence-corrected chi connectivity index (χ4v) is 2.16. The van der Waals surface area contributed by atoms with E-state index in [2.05, 4.69) is 13.8 Å². The van der Waals surface area contributed by atoms with Gasteiger partial charge in [0.1, 0.15) is 5.82 Å². The first-order valence-electron chi connectivity index (χ1n) is 6.59. The molecule has 0 aliphatic rings. The first-order chi connectivity index (χ1) is 8.17. The van der Waals surface area contributed by atoms with E-state index in [-0.39, 0.29) is 11.9 Å². The number of benzene rings is 1. The van der Waals surface area contributed by atoms with Crippen molar-refractivity contribution in [3.63, 3.8) is 0 Å². The second-order valence-electron chi connectivity index (χ2n) is 4.71. The second-order valence-corrected chi connectivity index (χ2v) is 4.71. The van der Waals surface area contributed by atoms with E-state index in [1.807, 2.05) is 0 Å². The molecular weight excluding hydrogens is 215 g/mol. The smallest absolute Gasteiger partial charge is 0.123 e. The van der Waals surface area contributed by atoms with Crippen LogP contribution < -0.4 is 0 Å². The summed E-state index contributed by atoms with van der Waals surface area (Å²) in [6.07, 6.45) is 4.73. The van der Waals surface area contributed by atoms with Crippen LogP contribution in [0.15, 0.2) is 24.3 Å². The van der Waals surface area contributed by atoms with Gasteiger partial charge in [-0.3, -0.25) is 0 Å². The summed E-state index contributed by atoms with van der Waals surface area (Å²) in [5.74, 6) is 0.140. The lowest BCUT2D eigenvalue weighted by molar-refractivity contribution is 0.0987. The summed E-state index contributed by atoms with van der Waals surface area (Å²) in [5.41, 5.74) is 1.01. The molecule has 1 rings (SSSR count). The largest absolute Gasteiger partial charge is 0.392 e. The highest BCUT2D eigenvalue weighted by Crippen LogP contribution is 2.20. The van der Waals surface area contributed by atoms with Gasteiger partial charge in [-0.15, -0.1) is 0 Å². The third-order valence-corrected chi connectivity index (χ3v) is 3.36. The summed E-state index contributed by atoms with van der Waals surface area (Å²) in [7, 11) is 0. The van der Waals surface area contributed by atoms with Crippen molar-refractivity contribution in [2.75, 3.05) is 0 Å². The number of halogens is 1. The Bertz CT molecular complexity index is 307. The Morgan fingerprint density at radius 1 is 1.18 bits per heavy atom. The molecule has 0 fully saturated rings. The van der Waals surface area contributed by atoms with Crippen molar-refractivity contribution in [3.8, 4) is 0 Å². The summed E-state index contributed by atoms with van der Waals surface area (Å²) in [5, 5.41) is 10.2. The standard InChI is InChI=1S/C15H23FO/c1-3-5-6-13(4-2)15(17)11-12-7-9-14(16)10-8-12/h7-10,13,15,17H,3-6,11H2,1-2H3. The van der Waals surface area contributed by atoms with Gasteiger partial charge in [0.25, 0.3) is 0 Å². The molecule has 1 aromatic carbocycles. The van der Waals surface area contributed by atoms with Gasteiger partial charge in [-0.05, 0) is 36.5 Å². The summed E-state index contributed by atoms with van der Waals surface area (Å²) >= 11 is 0. The van der Waals surface area contributed by atoms with E-state index < -0.39 is 0 Å². The van der Waals surface area contributed by atoms with E-state index in [1.54, 1.807) is 12.1 Å². The molecule has 1 nitrogen and oxygen atoms in total. The highest BCUT2D eigenvalue weighted by Gasteiger charge is 2.17. The van der Waals surface area contributed by atoms with Crippen molar-refractivity contribution in [1.29, 1.82) is 0 Å². The lowest BCUT2D eigenvalue weighted by atomic mass is 9.89. The molecule has 2 unspecified atom stereocenters. The molecule has 0 spiro atoms. The predicted octanol–water partition coefficient (Wildman–Crippen LogP) is 3.95. The van der Waals surface area contributed by atoms with Crippen LogP contribution in [0, 0.1) is 11.7 Å². The van der Waals surface area contributed by atoms with Gasteiger partial charge in [0.2, 0.25) is 0 Å². The van der Waals surface area contributed by atoms with E-state index in [9.17, 15) is 9.50 Å². The predicted molar refractivity (Wildman–Crippen MR) is 69.4 cm³/mol. The highest BCUT2D eigenvalue weighted by molar-refractivity contribution is 5.16. The molecule has 0 aliphatic carbocycles. The number of aliphatic hydroxyl groups excluding tert-OH is 1. The van der Waals surface area contributed by atoms with Crippen LogP contribution in [0.25, 0.3) is 0 Å². The van der Waals surface area contributed by atoms with E-state index in [4.69, 9.17) is 0 Å². The SMILES string of the molecule is CCCCC(CC)C(O)Cc1ccc(F)cc1. The Morgan fingerprint density at radius 3 is 2.35 bits per heavy atom. The zero-order valence-corrected chi connectivity index (χ0v) is 10.8. The first-order valence-corrected chi connectivity index (χ1v) is 6.59. The van der Waals surface area contributed by atoms with E-state index in [1.165, 1.54) is 25.0 Å². The third kappa shape index (κ3) is 4.86. The summed E-state index contributed by atoms with van der Waals surface area (Å²) in [6, 6.07) is 6.42. The van der Waals surface area contributed by atoms with Crippen molar-refractivity contribution >= 4 is 0 Å². The molecule has 0 aliphatic heterocycles. The fourth-order valence-electron chi connectivity index (χ4n) is 2.16. The van der Waals surface area contributed by atoms with E-state index in [0.717, 1.165) is 18.4 Å². The Morgan fingerprint density at radius 2 is 1.82 bits per heavy atom. The van der Waals surface area contributed by atoms with Gasteiger partial charge in [-0.1, -0.05) is 45.2 Å². The Labute approximate surface area is 104 Å². The van der Waals surface area contributed by atoms with Crippen LogP contribution in [0.1, 0.15) is 45.1 Å². The van der Waals surface area contributed by atoms with Gasteiger partial charge in [0.05, 0.1) is 6.10 Å². The molecule has 1 N–H and O–H groups in total. The normalized spacial score (nSPS) is 14.6. The summed E-state index contributed by atoms with van der Waals surface area (Å²) < 4.78 is 12.8. The molecule has 0 radical (unpaired) electrons. The molecule has 0 heterocycles. The van der Waals surface area contributed by atoms with E-state index >= 15 is 0 Å². The Balaban J connectivity index is 2.51. The minimum absolute atomic E-state index is 0.221. The topological polar surface area (TPSA) is 20.2 Å². The maximum atomic E-state index is 12.8. The molecule has 0 saturated heterocycles. The zero-order chi connectivity index (χ0) is 12.7. The Kier molecular flexibility index (Phi) is 6.20. The van der Waals surface area contributed by atoms with Crippen LogP contribution in [0.3, 0.4) is 0 Å². The fraction of sp³-hybridized carbons (Fsp3) is 0.600. The molecule has 0 aromatic heterocycles. The van der Waals surface area contributed by atoms with Crippen molar-refractivity contribution in [2.24, 2.45) is 5.92 Å². The Hall–Kier alpha value is -0.890. The highest BCUT2D eigenvalue weighted by atomic mass is 19.1. The molecule has 0 amide bonds. The minimum Gasteiger partial charge on any atom is -0.392 e. The second kappa shape index (κ2) is 7.44. The number of unbranched alkanes of at least 4 members (excludes halogenated alkanes) is 1. The lowest BCUT2D eigenvalue weighted by Crippen LogP contribution is -2.22. The molecule has 0 bridgehead atoms. The van der Waals surface area contributed by atoms with Gasteiger partial charge in [-0.25, -0.2) is 4.39 Å². The maximum Gasteiger partial charge on any atom is 0.123 e. The molecule has 0 saturated carbocycles. The molecular formula is C15H23FO. The molecule has 17 heavy (non-hydrogen) atoms. The third-order valence-electron chi connectivity index (χ3n) is 3.36. The molecule has 1 aromatic rings. The van der Waals surface area contributed by atoms with Crippen molar-refractivity contribution < 1.29 is 9.50 Å². The van der Waals surface area contributed by atoms with E-state index in [0.29, 0.717) is 12.3 Å². The number of aliphatic hydroxyl groups is 1. The summed E-state index contributed by atoms with van der Waals surface area (Å²) in [4.78, 5) is 0. The quantitative estimate of drug-likeness (QED) is 0.762. The van der Waals surface area contributed by atoms with Crippen LogP contribution in [-0.2, 0) is 6.42 Å². The zero-order valence-electron chi connectivity index (χ0n) is 10.8. The van der Waals surface area contributed by atoms with Gasteiger partial charge in [0.15, 0.2) is 0 Å². The lowest BCUT2D eigenvalue weighted by Gasteiger charge is -2.21. The number of hydrogen-bond acceptors (Lipinski definition) is 1. The van der Waals surface area contributed by atoms with Gasteiger partial charge in [0, 0.05) is 0 Å². The maximum absolute atomic E-state index is 12.8. The van der Waals surface area contributed by atoms with Crippen LogP contribution in [-0.4, -0.2) is 11.2 Å². The number of hydrogen-bond donors (Lipinski definition) is 1. The van der Waals surface area contributed by atoms with Crippen LogP contribution in [0.2, 0.25) is 0 Å². The van der Waals surface area contributed by atoms with Crippen molar-refractivity contribution in [2.45, 2.75) is 52.1 Å². The minimum atomic E-state index is -0.308. The average Bonchev–Trinajstić information content (AvgIpc) is 2.33. The average molecular weight is 238 g/mol.